The molecule has 0 radical (unpaired) electrons. The highest BCUT2D eigenvalue weighted by molar-refractivity contribution is 4.92. The van der Waals surface area contributed by atoms with E-state index in [9.17, 15) is 0 Å². The van der Waals surface area contributed by atoms with Gasteiger partial charge >= 0.3 is 0 Å². The van der Waals surface area contributed by atoms with E-state index in [0.29, 0.717) is 0 Å². The summed E-state index contributed by atoms with van der Waals surface area (Å²) in [4.78, 5) is 4.01. The molecule has 1 aromatic rings. The van der Waals surface area contributed by atoms with Crippen LogP contribution in [0, 0.1) is 6.92 Å². The first-order valence-corrected chi connectivity index (χ1v) is 3.89. The van der Waals surface area contributed by atoms with Gasteiger partial charge in [0.05, 0.1) is 6.20 Å². The maximum absolute atomic E-state index is 5.29. The van der Waals surface area contributed by atoms with E-state index >= 15 is 0 Å². The van der Waals surface area contributed by atoms with Crippen molar-refractivity contribution in [2.24, 2.45) is 0 Å². The molecule has 1 heterocycles. The number of rotatable bonds is 4. The fourth-order valence-electron chi connectivity index (χ4n) is 0.960. The normalized spacial score (nSPS) is 10.4. The Labute approximate surface area is 66.8 Å². The van der Waals surface area contributed by atoms with E-state index in [1.54, 1.807) is 6.20 Å². The van der Waals surface area contributed by atoms with Crippen LogP contribution in [0.2, 0.25) is 0 Å². The Morgan fingerprint density at radius 3 is 3.00 bits per heavy atom. The molecule has 0 atom stereocenters. The number of aromatic nitrogens is 1. The summed E-state index contributed by atoms with van der Waals surface area (Å²) in [6.07, 6.45) is 3.87. The zero-order valence-electron chi connectivity index (χ0n) is 7.05. The number of hydrogen-bond acceptors (Lipinski definition) is 3. The van der Waals surface area contributed by atoms with Gasteiger partial charge in [0.1, 0.15) is 5.76 Å². The first-order chi connectivity index (χ1) is 5.33. The standard InChI is InChI=1S/C8H14N2O/c1-7-10-6-8(11-7)4-3-5-9-2/h6,9H,3-5H2,1-2H3. The second kappa shape index (κ2) is 4.13. The summed E-state index contributed by atoms with van der Waals surface area (Å²) >= 11 is 0. The summed E-state index contributed by atoms with van der Waals surface area (Å²) in [5.41, 5.74) is 0. The van der Waals surface area contributed by atoms with Gasteiger partial charge in [0.15, 0.2) is 5.89 Å². The molecular formula is C8H14N2O. The largest absolute Gasteiger partial charge is 0.446 e. The molecule has 0 spiro atoms. The van der Waals surface area contributed by atoms with E-state index in [2.05, 4.69) is 10.3 Å². The predicted octanol–water partition coefficient (Wildman–Crippen LogP) is 1.14. The lowest BCUT2D eigenvalue weighted by atomic mass is 10.3. The first-order valence-electron chi connectivity index (χ1n) is 3.89. The molecule has 0 saturated carbocycles. The molecule has 0 aliphatic heterocycles. The van der Waals surface area contributed by atoms with Crippen LogP contribution in [0.1, 0.15) is 18.1 Å². The molecule has 0 aliphatic carbocycles. The van der Waals surface area contributed by atoms with Gasteiger partial charge < -0.3 is 9.73 Å². The minimum Gasteiger partial charge on any atom is -0.446 e. The molecule has 3 nitrogen and oxygen atoms in total. The Bertz CT molecular complexity index is 208. The third-order valence-corrected chi connectivity index (χ3v) is 1.52. The minimum atomic E-state index is 0.754. The number of oxazole rings is 1. The minimum absolute atomic E-state index is 0.754. The summed E-state index contributed by atoms with van der Waals surface area (Å²) in [6, 6.07) is 0. The number of nitrogens with one attached hydrogen (secondary N) is 1. The molecule has 0 aromatic carbocycles. The lowest BCUT2D eigenvalue weighted by molar-refractivity contribution is 0.468. The summed E-state index contributed by atoms with van der Waals surface area (Å²) in [5.74, 6) is 1.74. The topological polar surface area (TPSA) is 38.1 Å². The third kappa shape index (κ3) is 2.72. The van der Waals surface area contributed by atoms with Crippen LogP contribution in [0.4, 0.5) is 0 Å². The average Bonchev–Trinajstić information content (AvgIpc) is 2.37. The van der Waals surface area contributed by atoms with E-state index in [1.165, 1.54) is 0 Å². The van der Waals surface area contributed by atoms with Gasteiger partial charge in [0.2, 0.25) is 0 Å². The van der Waals surface area contributed by atoms with E-state index in [4.69, 9.17) is 4.42 Å². The van der Waals surface area contributed by atoms with Crippen LogP contribution >= 0.6 is 0 Å². The van der Waals surface area contributed by atoms with Gasteiger partial charge in [-0.1, -0.05) is 0 Å². The molecule has 1 rings (SSSR count). The Hall–Kier alpha value is -0.830. The molecule has 0 bridgehead atoms. The fourth-order valence-corrected chi connectivity index (χ4v) is 0.960. The summed E-state index contributed by atoms with van der Waals surface area (Å²) in [5, 5.41) is 3.08. The van der Waals surface area contributed by atoms with Crippen LogP contribution in [0.5, 0.6) is 0 Å². The number of nitrogens with zero attached hydrogens (tertiary/aromatic N) is 1. The highest BCUT2D eigenvalue weighted by Gasteiger charge is 1.97. The first kappa shape index (κ1) is 8.27. The zero-order chi connectivity index (χ0) is 8.10. The fraction of sp³-hybridized carbons (Fsp3) is 0.625. The molecule has 0 saturated heterocycles. The Kier molecular flexibility index (Phi) is 3.11. The maximum Gasteiger partial charge on any atom is 0.191 e. The van der Waals surface area contributed by atoms with Crippen molar-refractivity contribution in [3.8, 4) is 0 Å². The third-order valence-electron chi connectivity index (χ3n) is 1.52. The molecule has 0 amide bonds. The van der Waals surface area contributed by atoms with Gasteiger partial charge in [-0.05, 0) is 20.0 Å². The van der Waals surface area contributed by atoms with Crippen LogP contribution in [0.3, 0.4) is 0 Å². The van der Waals surface area contributed by atoms with E-state index < -0.39 is 0 Å². The lowest BCUT2D eigenvalue weighted by Gasteiger charge is -1.94. The van der Waals surface area contributed by atoms with Crippen LogP contribution in [0.25, 0.3) is 0 Å². The summed E-state index contributed by atoms with van der Waals surface area (Å²) in [6.45, 7) is 2.89. The summed E-state index contributed by atoms with van der Waals surface area (Å²) < 4.78 is 5.29. The highest BCUT2D eigenvalue weighted by Crippen LogP contribution is 2.03. The quantitative estimate of drug-likeness (QED) is 0.661. The Balaban J connectivity index is 2.27. The van der Waals surface area contributed by atoms with Crippen LogP contribution in [-0.2, 0) is 6.42 Å². The molecule has 0 aliphatic rings. The van der Waals surface area contributed by atoms with Crippen molar-refractivity contribution in [3.05, 3.63) is 17.8 Å². The van der Waals surface area contributed by atoms with Gasteiger partial charge in [0.25, 0.3) is 0 Å². The molecule has 62 valence electrons. The SMILES string of the molecule is CNCCCc1cnc(C)o1. The van der Waals surface area contributed by atoms with Gasteiger partial charge in [-0.15, -0.1) is 0 Å². The lowest BCUT2D eigenvalue weighted by Crippen LogP contribution is -2.08. The number of hydrogen-bond donors (Lipinski definition) is 1. The smallest absolute Gasteiger partial charge is 0.191 e. The van der Waals surface area contributed by atoms with E-state index in [1.807, 2.05) is 14.0 Å². The van der Waals surface area contributed by atoms with Crippen molar-refractivity contribution in [1.82, 2.24) is 10.3 Å². The van der Waals surface area contributed by atoms with Gasteiger partial charge in [-0.3, -0.25) is 0 Å². The monoisotopic (exact) mass is 154 g/mol. The Morgan fingerprint density at radius 1 is 1.64 bits per heavy atom. The molecule has 3 heteroatoms. The average molecular weight is 154 g/mol. The van der Waals surface area contributed by atoms with Crippen LogP contribution < -0.4 is 5.32 Å². The maximum atomic E-state index is 5.29. The number of aryl methyl sites for hydroxylation is 2. The Morgan fingerprint density at radius 2 is 2.45 bits per heavy atom. The zero-order valence-corrected chi connectivity index (χ0v) is 7.05. The molecule has 0 unspecified atom stereocenters. The van der Waals surface area contributed by atoms with E-state index in [-0.39, 0.29) is 0 Å². The summed E-state index contributed by atoms with van der Waals surface area (Å²) in [7, 11) is 1.95. The van der Waals surface area contributed by atoms with Crippen molar-refractivity contribution < 1.29 is 4.42 Å². The second-order valence-corrected chi connectivity index (χ2v) is 2.55. The molecule has 1 N–H and O–H groups in total. The van der Waals surface area contributed by atoms with Crippen molar-refractivity contribution >= 4 is 0 Å². The molecule has 0 fully saturated rings. The highest BCUT2D eigenvalue weighted by atomic mass is 16.3. The molecular weight excluding hydrogens is 140 g/mol. The van der Waals surface area contributed by atoms with Crippen molar-refractivity contribution in [3.63, 3.8) is 0 Å². The van der Waals surface area contributed by atoms with Gasteiger partial charge in [-0.25, -0.2) is 4.98 Å². The van der Waals surface area contributed by atoms with Gasteiger partial charge in [0, 0.05) is 13.3 Å². The van der Waals surface area contributed by atoms with Crippen LogP contribution in [-0.4, -0.2) is 18.6 Å². The predicted molar refractivity (Wildman–Crippen MR) is 43.5 cm³/mol. The van der Waals surface area contributed by atoms with Crippen molar-refractivity contribution in [1.29, 1.82) is 0 Å². The molecule has 1 aromatic heterocycles. The van der Waals surface area contributed by atoms with Crippen LogP contribution in [0.15, 0.2) is 10.6 Å². The second-order valence-electron chi connectivity index (χ2n) is 2.55. The van der Waals surface area contributed by atoms with Crippen molar-refractivity contribution in [2.75, 3.05) is 13.6 Å². The van der Waals surface area contributed by atoms with Gasteiger partial charge in [-0.2, -0.15) is 0 Å². The molecule has 11 heavy (non-hydrogen) atoms. The van der Waals surface area contributed by atoms with E-state index in [0.717, 1.165) is 31.0 Å². The van der Waals surface area contributed by atoms with Crippen molar-refractivity contribution in [2.45, 2.75) is 19.8 Å².